The first-order valence-electron chi connectivity index (χ1n) is 10.2. The number of fused-ring (bicyclic) bond motifs is 1. The molecular weight excluding hydrogens is 402 g/mol. The Morgan fingerprint density at radius 1 is 1.17 bits per heavy atom. The number of halogens is 1. The van der Waals surface area contributed by atoms with E-state index >= 15 is 0 Å². The second kappa shape index (κ2) is 8.56. The maximum Gasteiger partial charge on any atom is 0.231 e. The molecule has 0 bridgehead atoms. The second-order valence-electron chi connectivity index (χ2n) is 7.93. The number of amides is 2. The summed E-state index contributed by atoms with van der Waals surface area (Å²) in [6.45, 7) is 7.30. The number of nitrogens with zero attached hydrogens (tertiary/aromatic N) is 2. The molecule has 1 fully saturated rings. The molecule has 0 saturated carbocycles. The van der Waals surface area contributed by atoms with Gasteiger partial charge in [-0.25, -0.2) is 0 Å². The topological polar surface area (TPSA) is 61.9 Å². The summed E-state index contributed by atoms with van der Waals surface area (Å²) in [5, 5.41) is 3.36. The molecule has 6 nitrogen and oxygen atoms in total. The van der Waals surface area contributed by atoms with E-state index in [0.717, 1.165) is 13.1 Å². The molecule has 1 atom stereocenters. The van der Waals surface area contributed by atoms with Crippen LogP contribution < -0.4 is 15.0 Å². The van der Waals surface area contributed by atoms with Crippen molar-refractivity contribution in [2.45, 2.75) is 20.3 Å². The zero-order valence-corrected chi connectivity index (χ0v) is 18.0. The molecule has 0 aromatic heterocycles. The van der Waals surface area contributed by atoms with Gasteiger partial charge in [-0.2, -0.15) is 0 Å². The number of nitrogens with one attached hydrogen (secondary N) is 1. The number of aryl methyl sites for hydroxylation is 1. The molecule has 4 rings (SSSR count). The molecule has 1 unspecified atom stereocenters. The average Bonchev–Trinajstić information content (AvgIpc) is 2.88. The van der Waals surface area contributed by atoms with Gasteiger partial charge >= 0.3 is 0 Å². The Morgan fingerprint density at radius 3 is 2.70 bits per heavy atom. The number of benzene rings is 2. The SMILES string of the molecule is Cc1cccc(N2CCN(C(=O)CC3COc4ccc(Cl)cc4NC3=O)CC2)c1C. The maximum atomic E-state index is 12.9. The summed E-state index contributed by atoms with van der Waals surface area (Å²) in [6.07, 6.45) is 0.136. The van der Waals surface area contributed by atoms with Crippen LogP contribution in [0, 0.1) is 19.8 Å². The molecule has 1 N–H and O–H groups in total. The fourth-order valence-electron chi connectivity index (χ4n) is 3.99. The summed E-state index contributed by atoms with van der Waals surface area (Å²) in [7, 11) is 0. The molecule has 2 heterocycles. The van der Waals surface area contributed by atoms with E-state index in [9.17, 15) is 9.59 Å². The van der Waals surface area contributed by atoms with Crippen LogP contribution in [0.3, 0.4) is 0 Å². The predicted octanol–water partition coefficient (Wildman–Crippen LogP) is 3.64. The summed E-state index contributed by atoms with van der Waals surface area (Å²) < 4.78 is 5.75. The van der Waals surface area contributed by atoms with E-state index in [4.69, 9.17) is 16.3 Å². The summed E-state index contributed by atoms with van der Waals surface area (Å²) in [4.78, 5) is 29.6. The van der Waals surface area contributed by atoms with Crippen molar-refractivity contribution >= 4 is 34.8 Å². The first-order valence-corrected chi connectivity index (χ1v) is 10.6. The van der Waals surface area contributed by atoms with Crippen molar-refractivity contribution in [3.05, 3.63) is 52.5 Å². The second-order valence-corrected chi connectivity index (χ2v) is 8.37. The first kappa shape index (κ1) is 20.5. The Balaban J connectivity index is 1.35. The van der Waals surface area contributed by atoms with Crippen LogP contribution in [0.4, 0.5) is 11.4 Å². The lowest BCUT2D eigenvalue weighted by Gasteiger charge is -2.37. The Kier molecular flexibility index (Phi) is 5.86. The van der Waals surface area contributed by atoms with Gasteiger partial charge in [-0.1, -0.05) is 23.7 Å². The predicted molar refractivity (Wildman–Crippen MR) is 118 cm³/mol. The maximum absolute atomic E-state index is 12.9. The van der Waals surface area contributed by atoms with E-state index in [1.165, 1.54) is 16.8 Å². The molecule has 0 radical (unpaired) electrons. The monoisotopic (exact) mass is 427 g/mol. The molecule has 2 aromatic rings. The third-order valence-electron chi connectivity index (χ3n) is 5.98. The van der Waals surface area contributed by atoms with Gasteiger partial charge in [0.1, 0.15) is 12.4 Å². The number of carbonyl (C=O) groups excluding carboxylic acids is 2. The fourth-order valence-corrected chi connectivity index (χ4v) is 4.17. The van der Waals surface area contributed by atoms with E-state index in [1.807, 2.05) is 4.90 Å². The van der Waals surface area contributed by atoms with Crippen molar-refractivity contribution in [3.8, 4) is 5.75 Å². The van der Waals surface area contributed by atoms with Gasteiger partial charge in [0.2, 0.25) is 11.8 Å². The number of carbonyl (C=O) groups is 2. The molecule has 2 aliphatic rings. The Hall–Kier alpha value is -2.73. The van der Waals surface area contributed by atoms with Gasteiger partial charge in [-0.05, 0) is 49.2 Å². The van der Waals surface area contributed by atoms with Crippen LogP contribution in [0.5, 0.6) is 5.75 Å². The van der Waals surface area contributed by atoms with Crippen LogP contribution in [0.1, 0.15) is 17.5 Å². The lowest BCUT2D eigenvalue weighted by atomic mass is 10.0. The lowest BCUT2D eigenvalue weighted by molar-refractivity contribution is -0.135. The normalized spacial score (nSPS) is 18.9. The molecule has 158 valence electrons. The molecular formula is C23H26ClN3O3. The molecule has 7 heteroatoms. The summed E-state index contributed by atoms with van der Waals surface area (Å²) in [5.41, 5.74) is 4.33. The van der Waals surface area contributed by atoms with Gasteiger partial charge in [0.05, 0.1) is 11.6 Å². The molecule has 1 saturated heterocycles. The summed E-state index contributed by atoms with van der Waals surface area (Å²) in [6, 6.07) is 11.4. The smallest absolute Gasteiger partial charge is 0.231 e. The molecule has 2 aromatic carbocycles. The van der Waals surface area contributed by atoms with E-state index in [-0.39, 0.29) is 24.8 Å². The third kappa shape index (κ3) is 4.24. The van der Waals surface area contributed by atoms with Crippen molar-refractivity contribution in [2.75, 3.05) is 43.0 Å². The zero-order chi connectivity index (χ0) is 21.3. The highest BCUT2D eigenvalue weighted by atomic mass is 35.5. The Labute approximate surface area is 181 Å². The lowest BCUT2D eigenvalue weighted by Crippen LogP contribution is -2.49. The number of hydrogen-bond donors (Lipinski definition) is 1. The van der Waals surface area contributed by atoms with Gasteiger partial charge in [0.15, 0.2) is 0 Å². The minimum Gasteiger partial charge on any atom is -0.491 e. The molecule has 2 amide bonds. The molecule has 0 spiro atoms. The van der Waals surface area contributed by atoms with Crippen molar-refractivity contribution in [1.29, 1.82) is 0 Å². The van der Waals surface area contributed by atoms with Crippen molar-refractivity contribution < 1.29 is 14.3 Å². The highest BCUT2D eigenvalue weighted by molar-refractivity contribution is 6.31. The molecule has 0 aliphatic carbocycles. The summed E-state index contributed by atoms with van der Waals surface area (Å²) >= 11 is 6.00. The standard InChI is InChI=1S/C23H26ClN3O3/c1-15-4-3-5-20(16(15)2)26-8-10-27(11-9-26)22(28)12-17-14-30-21-7-6-18(24)13-19(21)25-23(17)29/h3-7,13,17H,8-12,14H2,1-2H3,(H,25,29). The van der Waals surface area contributed by atoms with E-state index in [2.05, 4.69) is 42.3 Å². The van der Waals surface area contributed by atoms with Crippen molar-refractivity contribution in [2.24, 2.45) is 5.92 Å². The zero-order valence-electron chi connectivity index (χ0n) is 17.3. The number of ether oxygens (including phenoxy) is 1. The highest BCUT2D eigenvalue weighted by Gasteiger charge is 2.30. The minimum atomic E-state index is -0.527. The van der Waals surface area contributed by atoms with Crippen LogP contribution in [-0.2, 0) is 9.59 Å². The molecule has 2 aliphatic heterocycles. The van der Waals surface area contributed by atoms with E-state index < -0.39 is 5.92 Å². The first-order chi connectivity index (χ1) is 14.4. The Bertz CT molecular complexity index is 970. The quantitative estimate of drug-likeness (QED) is 0.812. The van der Waals surface area contributed by atoms with Crippen LogP contribution in [0.25, 0.3) is 0 Å². The third-order valence-corrected chi connectivity index (χ3v) is 6.22. The van der Waals surface area contributed by atoms with Crippen LogP contribution in [0.2, 0.25) is 5.02 Å². The van der Waals surface area contributed by atoms with Crippen LogP contribution >= 0.6 is 11.6 Å². The number of anilines is 2. The van der Waals surface area contributed by atoms with Crippen LogP contribution in [-0.4, -0.2) is 49.5 Å². The number of hydrogen-bond acceptors (Lipinski definition) is 4. The van der Waals surface area contributed by atoms with Gasteiger partial charge in [-0.3, -0.25) is 9.59 Å². The Morgan fingerprint density at radius 2 is 1.93 bits per heavy atom. The number of rotatable bonds is 3. The molecule has 30 heavy (non-hydrogen) atoms. The summed E-state index contributed by atoms with van der Waals surface area (Å²) in [5.74, 6) is -0.174. The van der Waals surface area contributed by atoms with Gasteiger partial charge in [-0.15, -0.1) is 0 Å². The van der Waals surface area contributed by atoms with Gasteiger partial charge in [0, 0.05) is 43.3 Å². The van der Waals surface area contributed by atoms with Crippen LogP contribution in [0.15, 0.2) is 36.4 Å². The van der Waals surface area contributed by atoms with Crippen molar-refractivity contribution in [3.63, 3.8) is 0 Å². The van der Waals surface area contributed by atoms with E-state index in [1.54, 1.807) is 18.2 Å². The number of piperazine rings is 1. The largest absolute Gasteiger partial charge is 0.491 e. The van der Waals surface area contributed by atoms with E-state index in [0.29, 0.717) is 29.5 Å². The van der Waals surface area contributed by atoms with Crippen molar-refractivity contribution in [1.82, 2.24) is 4.90 Å². The fraction of sp³-hybridized carbons (Fsp3) is 0.391. The highest BCUT2D eigenvalue weighted by Crippen LogP contribution is 2.31. The average molecular weight is 428 g/mol. The van der Waals surface area contributed by atoms with Gasteiger partial charge < -0.3 is 19.9 Å². The minimum absolute atomic E-state index is 0.0108. The van der Waals surface area contributed by atoms with Gasteiger partial charge in [0.25, 0.3) is 0 Å².